The molecule has 2 unspecified atom stereocenters. The monoisotopic (exact) mass is 383 g/mol. The average Bonchev–Trinajstić information content (AvgIpc) is 3.34. The van der Waals surface area contributed by atoms with Crippen molar-refractivity contribution in [3.8, 4) is 5.75 Å². The van der Waals surface area contributed by atoms with Crippen molar-refractivity contribution in [3.63, 3.8) is 0 Å². The first-order chi connectivity index (χ1) is 13.0. The summed E-state index contributed by atoms with van der Waals surface area (Å²) in [7, 11) is 5.77. The van der Waals surface area contributed by atoms with Crippen LogP contribution in [0.15, 0.2) is 24.3 Å². The standard InChI is InChI=1S/C21H25N3O2S/c1-23-14-6-9-17(23)18-16(12-14)22-20(27-18)24(2)19(25)21(10-11-21)13-4-7-15(26-3)8-5-13/h4-5,7-8,14,17H,6,9-12H2,1-3H3. The number of aromatic nitrogens is 1. The number of ether oxygens (including phenoxy) is 1. The second-order valence-electron chi connectivity index (χ2n) is 8.10. The van der Waals surface area contributed by atoms with E-state index in [2.05, 4.69) is 11.9 Å². The van der Waals surface area contributed by atoms with E-state index >= 15 is 0 Å². The van der Waals surface area contributed by atoms with Crippen LogP contribution in [0.2, 0.25) is 0 Å². The molecule has 142 valence electrons. The molecule has 1 aromatic carbocycles. The summed E-state index contributed by atoms with van der Waals surface area (Å²) in [6.45, 7) is 0. The fourth-order valence-corrected chi connectivity index (χ4v) is 6.01. The number of carbonyl (C=O) groups excluding carboxylic acids is 1. The highest BCUT2D eigenvalue weighted by Gasteiger charge is 2.53. The second kappa shape index (κ2) is 6.04. The van der Waals surface area contributed by atoms with E-state index < -0.39 is 0 Å². The summed E-state index contributed by atoms with van der Waals surface area (Å²) >= 11 is 1.71. The first kappa shape index (κ1) is 17.2. The number of rotatable bonds is 4. The Morgan fingerprint density at radius 1 is 1.30 bits per heavy atom. The lowest BCUT2D eigenvalue weighted by atomic mass is 9.94. The Hall–Kier alpha value is -1.92. The van der Waals surface area contributed by atoms with E-state index in [0.717, 1.165) is 35.7 Å². The van der Waals surface area contributed by atoms with Crippen molar-refractivity contribution in [3.05, 3.63) is 40.4 Å². The zero-order valence-electron chi connectivity index (χ0n) is 16.1. The molecule has 6 heteroatoms. The van der Waals surface area contributed by atoms with Crippen LogP contribution in [0.5, 0.6) is 5.75 Å². The van der Waals surface area contributed by atoms with Crippen LogP contribution in [0.4, 0.5) is 5.13 Å². The summed E-state index contributed by atoms with van der Waals surface area (Å²) < 4.78 is 5.25. The molecule has 1 aromatic heterocycles. The summed E-state index contributed by atoms with van der Waals surface area (Å²) in [6, 6.07) is 9.04. The Kier molecular flexibility index (Phi) is 3.85. The third-order valence-electron chi connectivity index (χ3n) is 6.68. The molecule has 0 spiro atoms. The van der Waals surface area contributed by atoms with Crippen molar-refractivity contribution >= 4 is 22.4 Å². The number of hydrogen-bond acceptors (Lipinski definition) is 5. The Balaban J connectivity index is 1.41. The van der Waals surface area contributed by atoms with Crippen molar-refractivity contribution < 1.29 is 9.53 Å². The molecule has 5 rings (SSSR count). The number of benzene rings is 1. The van der Waals surface area contributed by atoms with Crippen LogP contribution in [0.3, 0.4) is 0 Å². The number of carbonyl (C=O) groups is 1. The smallest absolute Gasteiger partial charge is 0.239 e. The van der Waals surface area contributed by atoms with Gasteiger partial charge >= 0.3 is 0 Å². The molecule has 2 fully saturated rings. The Bertz CT molecular complexity index is 887. The highest BCUT2D eigenvalue weighted by atomic mass is 32.1. The van der Waals surface area contributed by atoms with Crippen LogP contribution in [-0.4, -0.2) is 43.0 Å². The first-order valence-corrected chi connectivity index (χ1v) is 10.5. The number of thiazole rings is 1. The van der Waals surface area contributed by atoms with Crippen LogP contribution in [0, 0.1) is 0 Å². The second-order valence-corrected chi connectivity index (χ2v) is 9.11. The molecule has 27 heavy (non-hydrogen) atoms. The number of hydrogen-bond donors (Lipinski definition) is 0. The quantitative estimate of drug-likeness (QED) is 0.810. The van der Waals surface area contributed by atoms with E-state index in [0.29, 0.717) is 12.1 Å². The maximum atomic E-state index is 13.4. The molecule has 1 amide bonds. The van der Waals surface area contributed by atoms with Gasteiger partial charge in [-0.15, -0.1) is 0 Å². The van der Waals surface area contributed by atoms with E-state index in [9.17, 15) is 4.79 Å². The summed E-state index contributed by atoms with van der Waals surface area (Å²) in [5, 5.41) is 0.853. The zero-order valence-corrected chi connectivity index (χ0v) is 16.9. The van der Waals surface area contributed by atoms with Gasteiger partial charge < -0.3 is 4.74 Å². The van der Waals surface area contributed by atoms with Gasteiger partial charge in [0.1, 0.15) is 5.75 Å². The molecule has 1 aliphatic carbocycles. The van der Waals surface area contributed by atoms with Crippen molar-refractivity contribution in [1.29, 1.82) is 0 Å². The van der Waals surface area contributed by atoms with Gasteiger partial charge in [-0.25, -0.2) is 4.98 Å². The number of fused-ring (bicyclic) bond motifs is 4. The molecule has 3 aliphatic rings. The largest absolute Gasteiger partial charge is 0.497 e. The van der Waals surface area contributed by atoms with Crippen molar-refractivity contribution in [1.82, 2.24) is 9.88 Å². The summed E-state index contributed by atoms with van der Waals surface area (Å²) in [6.07, 6.45) is 5.30. The van der Waals surface area contributed by atoms with Crippen LogP contribution >= 0.6 is 11.3 Å². The van der Waals surface area contributed by atoms with Crippen molar-refractivity contribution in [2.45, 2.75) is 49.6 Å². The number of methoxy groups -OCH3 is 1. The summed E-state index contributed by atoms with van der Waals surface area (Å²) in [5.74, 6) is 0.986. The van der Waals surface area contributed by atoms with E-state index in [-0.39, 0.29) is 11.3 Å². The predicted molar refractivity (Wildman–Crippen MR) is 107 cm³/mol. The fourth-order valence-electron chi connectivity index (χ4n) is 4.77. The molecular formula is C21H25N3O2S. The third kappa shape index (κ3) is 2.53. The van der Waals surface area contributed by atoms with Gasteiger partial charge in [-0.05, 0) is 50.4 Å². The van der Waals surface area contributed by atoms with E-state index in [1.165, 1.54) is 23.4 Å². The van der Waals surface area contributed by atoms with Crippen LogP contribution in [0.25, 0.3) is 0 Å². The molecule has 1 saturated heterocycles. The minimum absolute atomic E-state index is 0.164. The molecule has 2 atom stereocenters. The maximum absolute atomic E-state index is 13.4. The molecule has 2 bridgehead atoms. The zero-order chi connectivity index (χ0) is 18.8. The van der Waals surface area contributed by atoms with Crippen LogP contribution < -0.4 is 9.64 Å². The van der Waals surface area contributed by atoms with Gasteiger partial charge in [0.2, 0.25) is 5.91 Å². The lowest BCUT2D eigenvalue weighted by molar-refractivity contribution is -0.120. The molecule has 2 aliphatic heterocycles. The molecule has 0 radical (unpaired) electrons. The lowest BCUT2D eigenvalue weighted by Crippen LogP contribution is -2.36. The highest BCUT2D eigenvalue weighted by molar-refractivity contribution is 7.16. The van der Waals surface area contributed by atoms with E-state index in [1.54, 1.807) is 23.3 Å². The number of anilines is 1. The van der Waals surface area contributed by atoms with Gasteiger partial charge in [-0.3, -0.25) is 14.6 Å². The van der Waals surface area contributed by atoms with E-state index in [4.69, 9.17) is 9.72 Å². The minimum atomic E-state index is -0.386. The number of nitrogens with zero attached hydrogens (tertiary/aromatic N) is 3. The fraction of sp³-hybridized carbons (Fsp3) is 0.524. The van der Waals surface area contributed by atoms with Gasteiger partial charge in [-0.1, -0.05) is 23.5 Å². The Labute approximate surface area is 164 Å². The topological polar surface area (TPSA) is 45.7 Å². The van der Waals surface area contributed by atoms with E-state index in [1.807, 2.05) is 31.3 Å². The predicted octanol–water partition coefficient (Wildman–Crippen LogP) is 3.54. The van der Waals surface area contributed by atoms with Gasteiger partial charge in [0.25, 0.3) is 0 Å². The minimum Gasteiger partial charge on any atom is -0.497 e. The average molecular weight is 384 g/mol. The Morgan fingerprint density at radius 2 is 2.04 bits per heavy atom. The van der Waals surface area contributed by atoms with Gasteiger partial charge in [0.05, 0.1) is 18.2 Å². The summed E-state index contributed by atoms with van der Waals surface area (Å²) in [5.41, 5.74) is 1.91. The molecule has 1 saturated carbocycles. The molecule has 5 nitrogen and oxygen atoms in total. The van der Waals surface area contributed by atoms with Gasteiger partial charge in [0, 0.05) is 30.4 Å². The van der Waals surface area contributed by atoms with Crippen LogP contribution in [-0.2, 0) is 16.6 Å². The molecule has 3 heterocycles. The third-order valence-corrected chi connectivity index (χ3v) is 7.96. The Morgan fingerprint density at radius 3 is 2.70 bits per heavy atom. The molecular weight excluding hydrogens is 358 g/mol. The highest BCUT2D eigenvalue weighted by Crippen LogP contribution is 2.51. The van der Waals surface area contributed by atoms with Crippen molar-refractivity contribution in [2.24, 2.45) is 0 Å². The van der Waals surface area contributed by atoms with Crippen molar-refractivity contribution in [2.75, 3.05) is 26.1 Å². The first-order valence-electron chi connectivity index (χ1n) is 9.68. The maximum Gasteiger partial charge on any atom is 0.239 e. The number of likely N-dealkylation sites (N-methyl/N-ethyl adjacent to an activating group) is 2. The number of amides is 1. The molecule has 0 N–H and O–H groups in total. The van der Waals surface area contributed by atoms with Gasteiger partial charge in [-0.2, -0.15) is 0 Å². The molecule has 2 aromatic rings. The normalized spacial score (nSPS) is 25.1. The van der Waals surface area contributed by atoms with Crippen LogP contribution in [0.1, 0.15) is 47.9 Å². The summed E-state index contributed by atoms with van der Waals surface area (Å²) in [4.78, 5) is 23.9. The van der Waals surface area contributed by atoms with Gasteiger partial charge in [0.15, 0.2) is 5.13 Å². The lowest BCUT2D eigenvalue weighted by Gasteiger charge is -2.29. The SMILES string of the molecule is COc1ccc(C2(C(=O)N(C)c3nc4c(s3)C3CCC(C4)N3C)CC2)cc1.